The Morgan fingerprint density at radius 1 is 1.14 bits per heavy atom. The molecule has 0 spiro atoms. The van der Waals surface area contributed by atoms with Gasteiger partial charge in [-0.25, -0.2) is 4.21 Å². The molecule has 0 saturated heterocycles. The molecule has 21 heavy (non-hydrogen) atoms. The highest BCUT2D eigenvalue weighted by Gasteiger charge is 2.27. The van der Waals surface area contributed by atoms with Crippen LogP contribution in [0.2, 0.25) is 0 Å². The van der Waals surface area contributed by atoms with Gasteiger partial charge in [0.05, 0.1) is 21.8 Å². The van der Waals surface area contributed by atoms with Crippen molar-refractivity contribution in [1.82, 2.24) is 4.98 Å². The summed E-state index contributed by atoms with van der Waals surface area (Å²) >= 11 is 0. The van der Waals surface area contributed by atoms with Gasteiger partial charge < -0.3 is 5.11 Å². The van der Waals surface area contributed by atoms with Crippen LogP contribution in [-0.4, -0.2) is 14.3 Å². The zero-order chi connectivity index (χ0) is 15.6. The summed E-state index contributed by atoms with van der Waals surface area (Å²) in [5.74, 6) is 0. The molecular formula is C17H21NO2S. The maximum atomic E-state index is 12.8. The van der Waals surface area contributed by atoms with Crippen molar-refractivity contribution in [3.63, 3.8) is 0 Å². The molecule has 1 aromatic heterocycles. The number of aryl methyl sites for hydroxylation is 1. The lowest BCUT2D eigenvalue weighted by Gasteiger charge is -2.27. The van der Waals surface area contributed by atoms with Crippen LogP contribution in [0.25, 0.3) is 0 Å². The van der Waals surface area contributed by atoms with Crippen LogP contribution in [0, 0.1) is 12.3 Å². The van der Waals surface area contributed by atoms with Crippen molar-refractivity contribution in [2.45, 2.75) is 43.6 Å². The van der Waals surface area contributed by atoms with Gasteiger partial charge in [0.2, 0.25) is 0 Å². The Morgan fingerprint density at radius 3 is 2.33 bits per heavy atom. The monoisotopic (exact) mass is 303 g/mol. The number of nitrogens with zero attached hydrogens (tertiary/aromatic N) is 1. The molecule has 0 aliphatic carbocycles. The number of benzene rings is 1. The van der Waals surface area contributed by atoms with Gasteiger partial charge >= 0.3 is 0 Å². The van der Waals surface area contributed by atoms with E-state index in [-0.39, 0.29) is 5.41 Å². The second-order valence-electron chi connectivity index (χ2n) is 6.26. The van der Waals surface area contributed by atoms with E-state index in [0.29, 0.717) is 10.5 Å². The molecule has 2 aromatic rings. The van der Waals surface area contributed by atoms with E-state index in [1.54, 1.807) is 18.5 Å². The molecule has 0 unspecified atom stereocenters. The van der Waals surface area contributed by atoms with Crippen LogP contribution in [0.5, 0.6) is 0 Å². The van der Waals surface area contributed by atoms with Crippen molar-refractivity contribution in [3.8, 4) is 0 Å². The van der Waals surface area contributed by atoms with Gasteiger partial charge in [-0.3, -0.25) is 4.98 Å². The Bertz CT molecular complexity index is 645. The van der Waals surface area contributed by atoms with E-state index in [0.717, 1.165) is 10.5 Å². The van der Waals surface area contributed by atoms with Gasteiger partial charge in [-0.2, -0.15) is 0 Å². The van der Waals surface area contributed by atoms with Gasteiger partial charge in [0.25, 0.3) is 0 Å². The van der Waals surface area contributed by atoms with E-state index in [9.17, 15) is 9.32 Å². The lowest BCUT2D eigenvalue weighted by Crippen LogP contribution is -2.19. The van der Waals surface area contributed by atoms with E-state index in [4.69, 9.17) is 0 Å². The van der Waals surface area contributed by atoms with Crippen molar-refractivity contribution in [2.75, 3.05) is 0 Å². The van der Waals surface area contributed by atoms with Crippen LogP contribution in [0.15, 0.2) is 52.5 Å². The minimum atomic E-state index is -1.34. The SMILES string of the molecule is Cc1ccc([S@](=O)c2cnccc2[C@H](O)C(C)(C)C)cc1. The molecule has 1 aromatic carbocycles. The van der Waals surface area contributed by atoms with Crippen molar-refractivity contribution in [3.05, 3.63) is 53.9 Å². The number of rotatable bonds is 3. The number of aromatic nitrogens is 1. The first kappa shape index (κ1) is 15.9. The molecule has 2 atom stereocenters. The maximum absolute atomic E-state index is 12.8. The first-order valence-corrected chi connectivity index (χ1v) is 8.06. The van der Waals surface area contributed by atoms with Crippen LogP contribution in [0.3, 0.4) is 0 Å². The molecule has 3 nitrogen and oxygen atoms in total. The Labute approximate surface area is 128 Å². The molecule has 0 aliphatic heterocycles. The van der Waals surface area contributed by atoms with E-state index >= 15 is 0 Å². The van der Waals surface area contributed by atoms with E-state index in [1.807, 2.05) is 52.0 Å². The fourth-order valence-corrected chi connectivity index (χ4v) is 3.21. The van der Waals surface area contributed by atoms with Gasteiger partial charge in [-0.1, -0.05) is 38.5 Å². The molecule has 0 amide bonds. The van der Waals surface area contributed by atoms with Gasteiger partial charge in [-0.05, 0) is 30.5 Å². The molecule has 0 fully saturated rings. The van der Waals surface area contributed by atoms with Crippen LogP contribution in [-0.2, 0) is 10.8 Å². The summed E-state index contributed by atoms with van der Waals surface area (Å²) in [5.41, 5.74) is 1.47. The highest BCUT2D eigenvalue weighted by Crippen LogP contribution is 2.35. The molecule has 4 heteroatoms. The smallest absolute Gasteiger partial charge is 0.0869 e. The summed E-state index contributed by atoms with van der Waals surface area (Å²) < 4.78 is 12.8. The van der Waals surface area contributed by atoms with Gasteiger partial charge in [0.15, 0.2) is 0 Å². The second kappa shape index (κ2) is 6.08. The van der Waals surface area contributed by atoms with Crippen molar-refractivity contribution in [1.29, 1.82) is 0 Å². The van der Waals surface area contributed by atoms with Gasteiger partial charge in [0, 0.05) is 22.9 Å². The number of hydrogen-bond acceptors (Lipinski definition) is 3. The third-order valence-corrected chi connectivity index (χ3v) is 4.81. The highest BCUT2D eigenvalue weighted by molar-refractivity contribution is 7.85. The van der Waals surface area contributed by atoms with Crippen LogP contribution < -0.4 is 0 Å². The Morgan fingerprint density at radius 2 is 1.76 bits per heavy atom. The summed E-state index contributed by atoms with van der Waals surface area (Å²) in [6.45, 7) is 7.86. The first-order valence-electron chi connectivity index (χ1n) is 6.91. The fourth-order valence-electron chi connectivity index (χ4n) is 2.03. The molecule has 0 aliphatic rings. The standard InChI is InChI=1S/C17H21NO2S/c1-12-5-7-13(8-6-12)21(20)15-11-18-10-9-14(15)16(19)17(2,3)4/h5-11,16,19H,1-4H3/t16-,21-/m0/s1. The Kier molecular flexibility index (Phi) is 4.59. The third-order valence-electron chi connectivity index (χ3n) is 3.37. The van der Waals surface area contributed by atoms with Crippen LogP contribution in [0.4, 0.5) is 0 Å². The third kappa shape index (κ3) is 3.57. The molecule has 112 valence electrons. The Hall–Kier alpha value is -1.52. The largest absolute Gasteiger partial charge is 0.388 e. The molecule has 1 N–H and O–H groups in total. The number of hydrogen-bond donors (Lipinski definition) is 1. The predicted molar refractivity (Wildman–Crippen MR) is 84.5 cm³/mol. The van der Waals surface area contributed by atoms with Crippen LogP contribution >= 0.6 is 0 Å². The van der Waals surface area contributed by atoms with Crippen molar-refractivity contribution < 1.29 is 9.32 Å². The summed E-state index contributed by atoms with van der Waals surface area (Å²) in [6, 6.07) is 9.32. The minimum Gasteiger partial charge on any atom is -0.388 e. The van der Waals surface area contributed by atoms with Crippen molar-refractivity contribution >= 4 is 10.8 Å². The quantitative estimate of drug-likeness (QED) is 0.942. The van der Waals surface area contributed by atoms with Gasteiger partial charge in [0.1, 0.15) is 0 Å². The number of pyridine rings is 1. The lowest BCUT2D eigenvalue weighted by molar-refractivity contribution is 0.0602. The predicted octanol–water partition coefficient (Wildman–Crippen LogP) is 3.64. The average molecular weight is 303 g/mol. The van der Waals surface area contributed by atoms with E-state index in [1.165, 1.54) is 0 Å². The van der Waals surface area contributed by atoms with E-state index < -0.39 is 16.9 Å². The highest BCUT2D eigenvalue weighted by atomic mass is 32.2. The lowest BCUT2D eigenvalue weighted by atomic mass is 9.85. The first-order chi connectivity index (χ1) is 9.80. The topological polar surface area (TPSA) is 50.2 Å². The molecule has 0 saturated carbocycles. The summed E-state index contributed by atoms with van der Waals surface area (Å²) in [7, 11) is -1.34. The summed E-state index contributed by atoms with van der Waals surface area (Å²) in [5, 5.41) is 10.5. The maximum Gasteiger partial charge on any atom is 0.0869 e. The molecule has 0 bridgehead atoms. The summed E-state index contributed by atoms with van der Waals surface area (Å²) in [6.07, 6.45) is 2.52. The minimum absolute atomic E-state index is 0.326. The zero-order valence-electron chi connectivity index (χ0n) is 12.8. The molecule has 2 rings (SSSR count). The van der Waals surface area contributed by atoms with Crippen LogP contribution in [0.1, 0.15) is 38.0 Å². The molecule has 0 radical (unpaired) electrons. The summed E-state index contributed by atoms with van der Waals surface area (Å²) in [4.78, 5) is 5.36. The molecule has 1 heterocycles. The normalized spacial score (nSPS) is 14.7. The van der Waals surface area contributed by atoms with E-state index in [2.05, 4.69) is 4.98 Å². The average Bonchev–Trinajstić information content (AvgIpc) is 2.45. The fraction of sp³-hybridized carbons (Fsp3) is 0.353. The van der Waals surface area contributed by atoms with Crippen molar-refractivity contribution in [2.24, 2.45) is 5.41 Å². The Balaban J connectivity index is 2.45. The number of aliphatic hydroxyl groups excluding tert-OH is 1. The number of aliphatic hydroxyl groups is 1. The van der Waals surface area contributed by atoms with Gasteiger partial charge in [-0.15, -0.1) is 0 Å². The molecular weight excluding hydrogens is 282 g/mol. The zero-order valence-corrected chi connectivity index (χ0v) is 13.6. The second-order valence-corrected chi connectivity index (χ2v) is 7.71.